The summed E-state index contributed by atoms with van der Waals surface area (Å²) in [6.45, 7) is 3.89. The van der Waals surface area contributed by atoms with Gasteiger partial charge in [-0.2, -0.15) is 5.10 Å². The topological polar surface area (TPSA) is 61.0 Å². The summed E-state index contributed by atoms with van der Waals surface area (Å²) in [5.74, 6) is -0.590. The molecule has 0 spiro atoms. The van der Waals surface area contributed by atoms with Gasteiger partial charge >= 0.3 is 6.03 Å². The maximum absolute atomic E-state index is 13.8. The molecule has 2 fully saturated rings. The summed E-state index contributed by atoms with van der Waals surface area (Å²) in [6, 6.07) is 3.87. The summed E-state index contributed by atoms with van der Waals surface area (Å²) in [5.41, 5.74) is 2.49. The molecule has 2 heterocycles. The molecule has 1 aromatic heterocycles. The maximum Gasteiger partial charge on any atom is 0.317 e. The van der Waals surface area contributed by atoms with Crippen LogP contribution in [0.2, 0.25) is 0 Å². The van der Waals surface area contributed by atoms with Crippen molar-refractivity contribution in [1.82, 2.24) is 20.4 Å². The number of nitrogens with one attached hydrogen (secondary N) is 2. The minimum absolute atomic E-state index is 0.0861. The predicted molar refractivity (Wildman–Crippen MR) is 97.5 cm³/mol. The number of aromatic nitrogens is 2. The molecule has 1 saturated heterocycles. The summed E-state index contributed by atoms with van der Waals surface area (Å²) in [7, 11) is 0. The molecule has 7 heteroatoms. The first-order valence-electron chi connectivity index (χ1n) is 9.51. The van der Waals surface area contributed by atoms with E-state index in [1.807, 2.05) is 18.0 Å². The van der Waals surface area contributed by atoms with E-state index in [9.17, 15) is 13.6 Å². The Morgan fingerprint density at radius 2 is 2.00 bits per heavy atom. The van der Waals surface area contributed by atoms with Crippen LogP contribution in [0.25, 0.3) is 0 Å². The fourth-order valence-electron chi connectivity index (χ4n) is 4.19. The number of aromatic amines is 1. The Hall–Kier alpha value is -2.44. The van der Waals surface area contributed by atoms with Crippen LogP contribution in [0.15, 0.2) is 24.4 Å². The number of nitrogens with zero attached hydrogens (tertiary/aromatic N) is 2. The van der Waals surface area contributed by atoms with Gasteiger partial charge in [-0.25, -0.2) is 13.6 Å². The van der Waals surface area contributed by atoms with Crippen molar-refractivity contribution < 1.29 is 13.6 Å². The van der Waals surface area contributed by atoms with Gasteiger partial charge in [-0.1, -0.05) is 6.07 Å². The lowest BCUT2D eigenvalue weighted by Crippen LogP contribution is -2.44. The molecule has 2 N–H and O–H groups in total. The Balaban J connectivity index is 1.25. The number of carbonyl (C=O) groups is 1. The van der Waals surface area contributed by atoms with E-state index in [1.54, 1.807) is 0 Å². The minimum Gasteiger partial charge on any atom is -0.338 e. The molecule has 27 heavy (non-hydrogen) atoms. The number of piperidine rings is 1. The van der Waals surface area contributed by atoms with Crippen molar-refractivity contribution in [3.05, 3.63) is 52.9 Å². The highest BCUT2D eigenvalue weighted by Crippen LogP contribution is 2.48. The molecule has 144 valence electrons. The fourth-order valence-corrected chi connectivity index (χ4v) is 4.19. The number of carbonyl (C=O) groups excluding carboxylic acids is 1. The highest BCUT2D eigenvalue weighted by Gasteiger charge is 2.41. The number of urea groups is 1. The van der Waals surface area contributed by atoms with Crippen molar-refractivity contribution in [2.75, 3.05) is 19.6 Å². The summed E-state index contributed by atoms with van der Waals surface area (Å²) >= 11 is 0. The molecule has 0 unspecified atom stereocenters. The third kappa shape index (κ3) is 3.68. The van der Waals surface area contributed by atoms with Crippen molar-refractivity contribution in [2.24, 2.45) is 5.92 Å². The van der Waals surface area contributed by atoms with Gasteiger partial charge in [0, 0.05) is 30.9 Å². The molecule has 1 saturated carbocycles. The van der Waals surface area contributed by atoms with Gasteiger partial charge in [-0.05, 0) is 61.6 Å². The minimum atomic E-state index is -0.495. The first kappa shape index (κ1) is 17.9. The molecular formula is C20H24F2N4O. The molecule has 0 bridgehead atoms. The van der Waals surface area contributed by atoms with Gasteiger partial charge < -0.3 is 10.2 Å². The number of amides is 2. The Kier molecular flexibility index (Phi) is 4.85. The van der Waals surface area contributed by atoms with Crippen molar-refractivity contribution >= 4 is 6.03 Å². The first-order chi connectivity index (χ1) is 13.0. The number of hydrogen-bond donors (Lipinski definition) is 2. The molecule has 2 amide bonds. The van der Waals surface area contributed by atoms with Crippen LogP contribution in [-0.4, -0.2) is 40.8 Å². The van der Waals surface area contributed by atoms with Gasteiger partial charge in [0.25, 0.3) is 0 Å². The van der Waals surface area contributed by atoms with Crippen molar-refractivity contribution in [1.29, 1.82) is 0 Å². The smallest absolute Gasteiger partial charge is 0.317 e. The van der Waals surface area contributed by atoms with Gasteiger partial charge in [-0.15, -0.1) is 0 Å². The van der Waals surface area contributed by atoms with Crippen molar-refractivity contribution in [3.63, 3.8) is 0 Å². The third-order valence-corrected chi connectivity index (χ3v) is 5.90. The maximum atomic E-state index is 13.8. The molecule has 1 aliphatic heterocycles. The number of benzene rings is 1. The molecule has 0 radical (unpaired) electrons. The van der Waals surface area contributed by atoms with Crippen LogP contribution in [0.5, 0.6) is 0 Å². The Morgan fingerprint density at radius 3 is 2.63 bits per heavy atom. The van der Waals surface area contributed by atoms with E-state index in [1.165, 1.54) is 23.8 Å². The average molecular weight is 374 g/mol. The SMILES string of the molecule is Cc1[nH]ncc1C1CCN(C(=O)NC[C@@H]2C[C@H]2c2c(F)cccc2F)CC1. The van der Waals surface area contributed by atoms with E-state index in [-0.39, 0.29) is 23.4 Å². The average Bonchev–Trinajstić information content (AvgIpc) is 3.29. The molecular weight excluding hydrogens is 350 g/mol. The summed E-state index contributed by atoms with van der Waals surface area (Å²) in [4.78, 5) is 14.2. The monoisotopic (exact) mass is 374 g/mol. The molecule has 2 aromatic rings. The number of likely N-dealkylation sites (tertiary alicyclic amines) is 1. The number of halogens is 2. The lowest BCUT2D eigenvalue weighted by molar-refractivity contribution is 0.181. The predicted octanol–water partition coefficient (Wildman–Crippen LogP) is 3.69. The summed E-state index contributed by atoms with van der Waals surface area (Å²) < 4.78 is 27.7. The van der Waals surface area contributed by atoms with E-state index >= 15 is 0 Å². The summed E-state index contributed by atoms with van der Waals surface area (Å²) in [5, 5.41) is 9.99. The van der Waals surface area contributed by atoms with Gasteiger partial charge in [0.2, 0.25) is 0 Å². The quantitative estimate of drug-likeness (QED) is 0.857. The highest BCUT2D eigenvalue weighted by molar-refractivity contribution is 5.74. The van der Waals surface area contributed by atoms with Crippen LogP contribution < -0.4 is 5.32 Å². The van der Waals surface area contributed by atoms with E-state index < -0.39 is 11.6 Å². The molecule has 1 aromatic carbocycles. The molecule has 4 rings (SSSR count). The van der Waals surface area contributed by atoms with Crippen molar-refractivity contribution in [2.45, 2.75) is 38.0 Å². The van der Waals surface area contributed by atoms with Crippen LogP contribution >= 0.6 is 0 Å². The Morgan fingerprint density at radius 1 is 1.30 bits per heavy atom. The Labute approximate surface area is 157 Å². The van der Waals surface area contributed by atoms with Gasteiger partial charge in [-0.3, -0.25) is 5.10 Å². The van der Waals surface area contributed by atoms with Gasteiger partial charge in [0.05, 0.1) is 6.20 Å². The lowest BCUT2D eigenvalue weighted by Gasteiger charge is -2.32. The number of H-pyrrole nitrogens is 1. The van der Waals surface area contributed by atoms with Gasteiger partial charge in [0.1, 0.15) is 11.6 Å². The van der Waals surface area contributed by atoms with Crippen molar-refractivity contribution in [3.8, 4) is 0 Å². The number of hydrogen-bond acceptors (Lipinski definition) is 2. The van der Waals surface area contributed by atoms with Crippen LogP contribution in [0.4, 0.5) is 13.6 Å². The normalized spacial score (nSPS) is 22.7. The first-order valence-corrected chi connectivity index (χ1v) is 9.51. The highest BCUT2D eigenvalue weighted by atomic mass is 19.1. The zero-order chi connectivity index (χ0) is 19.0. The number of aryl methyl sites for hydroxylation is 1. The van der Waals surface area contributed by atoms with Crippen LogP contribution in [0.1, 0.15) is 47.9 Å². The van der Waals surface area contributed by atoms with Gasteiger partial charge in [0.15, 0.2) is 0 Å². The van der Waals surface area contributed by atoms with Crippen LogP contribution in [0.3, 0.4) is 0 Å². The molecule has 5 nitrogen and oxygen atoms in total. The zero-order valence-corrected chi connectivity index (χ0v) is 15.3. The van der Waals surface area contributed by atoms with Crippen LogP contribution in [0, 0.1) is 24.5 Å². The number of rotatable bonds is 4. The standard InChI is InChI=1S/C20H24F2N4O/c1-12-16(11-24-25-12)13-5-7-26(8-6-13)20(27)23-10-14-9-15(14)19-17(21)3-2-4-18(19)22/h2-4,11,13-15H,5-10H2,1H3,(H,23,27)(H,24,25)/t14-,15+/m0/s1. The van der Waals surface area contributed by atoms with E-state index in [0.717, 1.165) is 18.5 Å². The summed E-state index contributed by atoms with van der Waals surface area (Å²) in [6.07, 6.45) is 4.42. The second kappa shape index (κ2) is 7.29. The largest absolute Gasteiger partial charge is 0.338 e. The lowest BCUT2D eigenvalue weighted by atomic mass is 9.90. The molecule has 2 atom stereocenters. The zero-order valence-electron chi connectivity index (χ0n) is 15.3. The third-order valence-electron chi connectivity index (χ3n) is 5.90. The van der Waals surface area contributed by atoms with Crippen LogP contribution in [-0.2, 0) is 0 Å². The fraction of sp³-hybridized carbons (Fsp3) is 0.500. The van der Waals surface area contributed by atoms with E-state index in [0.29, 0.717) is 32.0 Å². The molecule has 1 aliphatic carbocycles. The molecule has 2 aliphatic rings. The second-order valence-corrected chi connectivity index (χ2v) is 7.64. The second-order valence-electron chi connectivity index (χ2n) is 7.64. The Bertz CT molecular complexity index is 809. The van der Waals surface area contributed by atoms with E-state index in [4.69, 9.17) is 0 Å². The van der Waals surface area contributed by atoms with E-state index in [2.05, 4.69) is 15.5 Å².